The molecule has 0 amide bonds. The molecule has 0 bridgehead atoms. The van der Waals surface area contributed by atoms with Gasteiger partial charge in [0.1, 0.15) is 17.5 Å². The number of hydrogen-bond donors (Lipinski definition) is 3. The minimum atomic E-state index is -0.235. The summed E-state index contributed by atoms with van der Waals surface area (Å²) in [6, 6.07) is 2.06. The number of anilines is 1. The average Bonchev–Trinajstić information content (AvgIpc) is 3.33. The Kier molecular flexibility index (Phi) is 4.20. The Hall–Kier alpha value is -3.46. The van der Waals surface area contributed by atoms with Crippen LogP contribution in [0.3, 0.4) is 0 Å². The Morgan fingerprint density at radius 2 is 1.97 bits per heavy atom. The highest BCUT2D eigenvalue weighted by Crippen LogP contribution is 2.42. The molecule has 1 unspecified atom stereocenters. The van der Waals surface area contributed by atoms with Crippen molar-refractivity contribution in [1.29, 1.82) is 0 Å². The fraction of sp³-hybridized carbons (Fsp3) is 0.417. The number of imidazole rings is 2. The Morgan fingerprint density at radius 1 is 1.09 bits per heavy atom. The lowest BCUT2D eigenvalue weighted by atomic mass is 9.78. The number of amidine groups is 1. The highest BCUT2D eigenvalue weighted by atomic mass is 15.3. The van der Waals surface area contributed by atoms with Gasteiger partial charge in [-0.25, -0.2) is 9.98 Å². The largest absolute Gasteiger partial charge is 0.358 e. The summed E-state index contributed by atoms with van der Waals surface area (Å²) >= 11 is 0. The summed E-state index contributed by atoms with van der Waals surface area (Å²) in [4.78, 5) is 25.0. The van der Waals surface area contributed by atoms with Crippen LogP contribution in [0.4, 0.5) is 5.69 Å². The molecule has 7 rings (SSSR count). The Morgan fingerprint density at radius 3 is 2.79 bits per heavy atom. The quantitative estimate of drug-likeness (QED) is 0.442. The third-order valence-corrected chi connectivity index (χ3v) is 7.25. The molecule has 1 aliphatic carbocycles. The number of piperazine rings is 1. The molecule has 1 saturated heterocycles. The number of nitrogens with zero attached hydrogens (tertiary/aromatic N) is 6. The van der Waals surface area contributed by atoms with E-state index in [0.29, 0.717) is 5.92 Å². The lowest BCUT2D eigenvalue weighted by Crippen LogP contribution is -2.48. The van der Waals surface area contributed by atoms with Crippen molar-refractivity contribution in [1.82, 2.24) is 34.6 Å². The van der Waals surface area contributed by atoms with Crippen molar-refractivity contribution in [3.63, 3.8) is 0 Å². The SMILES string of the molecule is Cc1cn2c(nc3nccc(C4N=C(N5CCNCC5)c5c(cncc5C5CCC5)N4)c32)[nH]1. The van der Waals surface area contributed by atoms with Gasteiger partial charge in [0.05, 0.1) is 11.9 Å². The predicted octanol–water partition coefficient (Wildman–Crippen LogP) is 2.96. The van der Waals surface area contributed by atoms with Crippen molar-refractivity contribution in [3.05, 3.63) is 53.2 Å². The minimum absolute atomic E-state index is 0.235. The maximum absolute atomic E-state index is 5.36. The molecule has 9 heteroatoms. The maximum atomic E-state index is 5.36. The summed E-state index contributed by atoms with van der Waals surface area (Å²) in [6.07, 6.45) is 11.5. The van der Waals surface area contributed by atoms with Crippen LogP contribution in [0.2, 0.25) is 0 Å². The van der Waals surface area contributed by atoms with Gasteiger partial charge in [0.2, 0.25) is 5.78 Å². The lowest BCUT2D eigenvalue weighted by Gasteiger charge is -2.38. The normalized spacial score (nSPS) is 21.1. The molecular weight excluding hydrogens is 414 g/mol. The van der Waals surface area contributed by atoms with E-state index in [4.69, 9.17) is 4.99 Å². The number of rotatable bonds is 2. The van der Waals surface area contributed by atoms with Crippen LogP contribution in [-0.4, -0.2) is 61.3 Å². The molecule has 1 saturated carbocycles. The molecular formula is C24H27N9. The number of hydrogen-bond acceptors (Lipinski definition) is 7. The standard InChI is InChI=1S/C24H27N9/c1-14-13-33-20-16(5-6-27-22(20)31-24(33)28-14)21-29-18-12-26-11-17(15-3-2-4-15)19(18)23(30-21)32-9-7-25-8-10-32/h5-6,11-13,15,21,25,29H,2-4,7-10H2,1H3,(H,27,28,31). The molecule has 0 aromatic carbocycles. The van der Waals surface area contributed by atoms with E-state index in [2.05, 4.69) is 58.3 Å². The summed E-state index contributed by atoms with van der Waals surface area (Å²) in [5, 5.41) is 7.18. The molecule has 6 heterocycles. The molecule has 3 N–H and O–H groups in total. The number of aliphatic imine (C=N–C) groups is 1. The van der Waals surface area contributed by atoms with Gasteiger partial charge in [-0.1, -0.05) is 6.42 Å². The summed E-state index contributed by atoms with van der Waals surface area (Å²) in [5.74, 6) is 2.48. The van der Waals surface area contributed by atoms with Crippen molar-refractivity contribution in [2.24, 2.45) is 4.99 Å². The Bertz CT molecular complexity index is 1390. The Labute approximate surface area is 191 Å². The second-order valence-corrected chi connectivity index (χ2v) is 9.33. The average molecular weight is 442 g/mol. The van der Waals surface area contributed by atoms with Gasteiger partial charge in [-0.2, -0.15) is 4.98 Å². The number of H-pyrrole nitrogens is 1. The first-order valence-corrected chi connectivity index (χ1v) is 11.9. The van der Waals surface area contributed by atoms with Gasteiger partial charge in [-0.05, 0) is 37.3 Å². The molecule has 9 nitrogen and oxygen atoms in total. The van der Waals surface area contributed by atoms with Gasteiger partial charge in [0.25, 0.3) is 0 Å². The van der Waals surface area contributed by atoms with E-state index in [1.807, 2.05) is 19.3 Å². The van der Waals surface area contributed by atoms with E-state index in [9.17, 15) is 0 Å². The number of aromatic amines is 1. The molecule has 168 valence electrons. The van der Waals surface area contributed by atoms with Crippen LogP contribution in [-0.2, 0) is 0 Å². The number of pyridine rings is 2. The van der Waals surface area contributed by atoms with Crippen LogP contribution in [0, 0.1) is 6.92 Å². The van der Waals surface area contributed by atoms with Gasteiger partial charge in [-0.3, -0.25) is 9.38 Å². The molecule has 2 aliphatic heterocycles. The Balaban J connectivity index is 1.41. The first-order chi connectivity index (χ1) is 16.3. The van der Waals surface area contributed by atoms with E-state index < -0.39 is 0 Å². The van der Waals surface area contributed by atoms with Gasteiger partial charge in [0.15, 0.2) is 5.65 Å². The first-order valence-electron chi connectivity index (χ1n) is 11.9. The highest BCUT2D eigenvalue weighted by molar-refractivity contribution is 6.06. The predicted molar refractivity (Wildman–Crippen MR) is 128 cm³/mol. The smallest absolute Gasteiger partial charge is 0.214 e. The lowest BCUT2D eigenvalue weighted by molar-refractivity contribution is 0.354. The monoisotopic (exact) mass is 441 g/mol. The molecule has 33 heavy (non-hydrogen) atoms. The topological polar surface area (TPSA) is 98.5 Å². The van der Waals surface area contributed by atoms with Crippen LogP contribution >= 0.6 is 0 Å². The van der Waals surface area contributed by atoms with E-state index in [1.54, 1.807) is 0 Å². The maximum Gasteiger partial charge on any atom is 0.214 e. The zero-order valence-electron chi connectivity index (χ0n) is 18.7. The number of aryl methyl sites for hydroxylation is 1. The third-order valence-electron chi connectivity index (χ3n) is 7.25. The van der Waals surface area contributed by atoms with E-state index in [-0.39, 0.29) is 6.17 Å². The van der Waals surface area contributed by atoms with Gasteiger partial charge >= 0.3 is 0 Å². The van der Waals surface area contributed by atoms with Crippen molar-refractivity contribution in [2.75, 3.05) is 31.5 Å². The fourth-order valence-electron chi connectivity index (χ4n) is 5.38. The van der Waals surface area contributed by atoms with Gasteiger partial charge < -0.3 is 20.5 Å². The first kappa shape index (κ1) is 19.0. The van der Waals surface area contributed by atoms with Crippen molar-refractivity contribution in [2.45, 2.75) is 38.3 Å². The summed E-state index contributed by atoms with van der Waals surface area (Å²) in [7, 11) is 0. The zero-order valence-corrected chi connectivity index (χ0v) is 18.7. The minimum Gasteiger partial charge on any atom is -0.358 e. The number of fused-ring (bicyclic) bond motifs is 4. The summed E-state index contributed by atoms with van der Waals surface area (Å²) in [5.41, 5.74) is 7.51. The van der Waals surface area contributed by atoms with Crippen LogP contribution in [0.1, 0.15) is 53.7 Å². The second kappa shape index (κ2) is 7.28. The van der Waals surface area contributed by atoms with Crippen LogP contribution < -0.4 is 10.6 Å². The summed E-state index contributed by atoms with van der Waals surface area (Å²) in [6.45, 7) is 5.90. The molecule has 4 aromatic heterocycles. The summed E-state index contributed by atoms with van der Waals surface area (Å²) < 4.78 is 2.09. The van der Waals surface area contributed by atoms with Crippen LogP contribution in [0.25, 0.3) is 16.9 Å². The van der Waals surface area contributed by atoms with Gasteiger partial charge in [-0.15, -0.1) is 0 Å². The fourth-order valence-corrected chi connectivity index (χ4v) is 5.38. The van der Waals surface area contributed by atoms with Gasteiger partial charge in [0, 0.05) is 61.6 Å². The molecule has 2 fully saturated rings. The van der Waals surface area contributed by atoms with Crippen molar-refractivity contribution >= 4 is 28.5 Å². The van der Waals surface area contributed by atoms with E-state index in [0.717, 1.165) is 65.9 Å². The number of aromatic nitrogens is 5. The molecule has 0 spiro atoms. The van der Waals surface area contributed by atoms with Crippen molar-refractivity contribution < 1.29 is 0 Å². The zero-order chi connectivity index (χ0) is 21.9. The molecule has 0 radical (unpaired) electrons. The highest BCUT2D eigenvalue weighted by Gasteiger charge is 2.33. The third kappa shape index (κ3) is 2.95. The van der Waals surface area contributed by atoms with Crippen LogP contribution in [0.15, 0.2) is 35.8 Å². The molecule has 4 aromatic rings. The van der Waals surface area contributed by atoms with E-state index in [1.165, 1.54) is 30.4 Å². The molecule has 3 aliphatic rings. The molecule has 1 atom stereocenters. The number of nitrogens with one attached hydrogen (secondary N) is 3. The van der Waals surface area contributed by atoms with Crippen molar-refractivity contribution in [3.8, 4) is 0 Å². The van der Waals surface area contributed by atoms with E-state index >= 15 is 0 Å². The second-order valence-electron chi connectivity index (χ2n) is 9.33. The van der Waals surface area contributed by atoms with Crippen LogP contribution in [0.5, 0.6) is 0 Å².